The van der Waals surface area contributed by atoms with Gasteiger partial charge in [-0.3, -0.25) is 0 Å². The smallest absolute Gasteiger partial charge is 0.218 e. The van der Waals surface area contributed by atoms with E-state index in [1.165, 1.54) is 4.31 Å². The fourth-order valence-corrected chi connectivity index (χ4v) is 7.47. The first kappa shape index (κ1) is 14.2. The highest BCUT2D eigenvalue weighted by atomic mass is 32.2. The molecule has 3 unspecified atom stereocenters. The first-order valence-electron chi connectivity index (χ1n) is 6.15. The molecule has 8 heteroatoms. The Hall–Kier alpha value is -0.180. The van der Waals surface area contributed by atoms with E-state index in [9.17, 15) is 16.8 Å². The van der Waals surface area contributed by atoms with Crippen LogP contribution >= 0.6 is 0 Å². The monoisotopic (exact) mass is 296 g/mol. The van der Waals surface area contributed by atoms with Crippen LogP contribution in [-0.4, -0.2) is 57.0 Å². The molecular weight excluding hydrogens is 276 g/mol. The van der Waals surface area contributed by atoms with E-state index in [1.54, 1.807) is 0 Å². The van der Waals surface area contributed by atoms with Crippen LogP contribution < -0.4 is 5.73 Å². The Morgan fingerprint density at radius 1 is 1.28 bits per heavy atom. The molecule has 0 aromatic carbocycles. The molecule has 2 fully saturated rings. The molecule has 0 bridgehead atoms. The van der Waals surface area contributed by atoms with E-state index in [0.717, 1.165) is 6.42 Å². The Labute approximate surface area is 108 Å². The van der Waals surface area contributed by atoms with Crippen LogP contribution in [0.1, 0.15) is 19.8 Å². The molecule has 0 aromatic heterocycles. The van der Waals surface area contributed by atoms with Gasteiger partial charge < -0.3 is 5.73 Å². The average Bonchev–Trinajstić information content (AvgIpc) is 2.58. The lowest BCUT2D eigenvalue weighted by atomic mass is 9.99. The molecule has 18 heavy (non-hydrogen) atoms. The zero-order valence-corrected chi connectivity index (χ0v) is 12.1. The first-order valence-corrected chi connectivity index (χ1v) is 9.48. The Morgan fingerprint density at radius 3 is 2.44 bits per heavy atom. The third-order valence-electron chi connectivity index (χ3n) is 3.63. The molecule has 0 radical (unpaired) electrons. The molecule has 2 aliphatic rings. The summed E-state index contributed by atoms with van der Waals surface area (Å²) < 4.78 is 48.9. The SMILES string of the molecule is CC1CC(N)CN(S(=O)(=O)C2CCS(=O)(=O)C2)C1. The molecule has 2 rings (SSSR count). The van der Waals surface area contributed by atoms with Crippen LogP contribution in [0.2, 0.25) is 0 Å². The molecule has 6 nitrogen and oxygen atoms in total. The lowest BCUT2D eigenvalue weighted by Gasteiger charge is -2.35. The zero-order chi connectivity index (χ0) is 13.6. The highest BCUT2D eigenvalue weighted by Crippen LogP contribution is 2.26. The molecule has 106 valence electrons. The van der Waals surface area contributed by atoms with Crippen LogP contribution in [0.4, 0.5) is 0 Å². The fraction of sp³-hybridized carbons (Fsp3) is 1.00. The van der Waals surface area contributed by atoms with Gasteiger partial charge in [-0.2, -0.15) is 4.31 Å². The Balaban J connectivity index is 2.16. The van der Waals surface area contributed by atoms with Crippen LogP contribution in [0.25, 0.3) is 0 Å². The van der Waals surface area contributed by atoms with Gasteiger partial charge >= 0.3 is 0 Å². The minimum Gasteiger partial charge on any atom is -0.326 e. The number of nitrogens with zero attached hydrogens (tertiary/aromatic N) is 1. The van der Waals surface area contributed by atoms with Crippen molar-refractivity contribution in [2.24, 2.45) is 11.7 Å². The Bertz CT molecular complexity index is 504. The first-order chi connectivity index (χ1) is 8.21. The molecule has 2 heterocycles. The molecule has 0 spiro atoms. The van der Waals surface area contributed by atoms with Crippen molar-refractivity contribution >= 4 is 19.9 Å². The fourth-order valence-electron chi connectivity index (χ4n) is 2.76. The predicted molar refractivity (Wildman–Crippen MR) is 69.3 cm³/mol. The minimum absolute atomic E-state index is 0.0215. The Kier molecular flexibility index (Phi) is 3.74. The van der Waals surface area contributed by atoms with Crippen molar-refractivity contribution in [3.05, 3.63) is 0 Å². The average molecular weight is 296 g/mol. The molecule has 0 amide bonds. The molecule has 0 aromatic rings. The third-order valence-corrected chi connectivity index (χ3v) is 7.87. The van der Waals surface area contributed by atoms with E-state index < -0.39 is 25.1 Å². The van der Waals surface area contributed by atoms with Crippen LogP contribution in [0, 0.1) is 5.92 Å². The van der Waals surface area contributed by atoms with Crippen molar-refractivity contribution < 1.29 is 16.8 Å². The van der Waals surface area contributed by atoms with Crippen molar-refractivity contribution in [1.82, 2.24) is 4.31 Å². The standard InChI is InChI=1S/C10H20N2O4S2/c1-8-4-9(11)6-12(5-8)18(15,16)10-2-3-17(13,14)7-10/h8-10H,2-7,11H2,1H3. The summed E-state index contributed by atoms with van der Waals surface area (Å²) in [6, 6.07) is -0.151. The van der Waals surface area contributed by atoms with Gasteiger partial charge in [0.1, 0.15) is 0 Å². The number of rotatable bonds is 2. The quantitative estimate of drug-likeness (QED) is 0.717. The maximum Gasteiger partial charge on any atom is 0.218 e. The van der Waals surface area contributed by atoms with Crippen LogP contribution in [0.5, 0.6) is 0 Å². The van der Waals surface area contributed by atoms with Gasteiger partial charge in [-0.25, -0.2) is 16.8 Å². The van der Waals surface area contributed by atoms with E-state index in [1.807, 2.05) is 6.92 Å². The number of hydrogen-bond donors (Lipinski definition) is 1. The van der Waals surface area contributed by atoms with E-state index >= 15 is 0 Å². The third kappa shape index (κ3) is 2.87. The van der Waals surface area contributed by atoms with E-state index in [0.29, 0.717) is 13.1 Å². The van der Waals surface area contributed by atoms with Crippen molar-refractivity contribution in [3.8, 4) is 0 Å². The second kappa shape index (κ2) is 4.73. The van der Waals surface area contributed by atoms with Crippen LogP contribution in [0.3, 0.4) is 0 Å². The summed E-state index contributed by atoms with van der Waals surface area (Å²) in [5.41, 5.74) is 5.84. The normalized spacial score (nSPS) is 37.8. The van der Waals surface area contributed by atoms with Gasteiger partial charge in [0.2, 0.25) is 10.0 Å². The molecule has 3 atom stereocenters. The lowest BCUT2D eigenvalue weighted by Crippen LogP contribution is -2.51. The maximum atomic E-state index is 12.4. The minimum atomic E-state index is -3.52. The van der Waals surface area contributed by atoms with Crippen molar-refractivity contribution in [1.29, 1.82) is 0 Å². The van der Waals surface area contributed by atoms with E-state index in [-0.39, 0.29) is 29.9 Å². The molecule has 2 N–H and O–H groups in total. The van der Waals surface area contributed by atoms with Crippen molar-refractivity contribution in [3.63, 3.8) is 0 Å². The van der Waals surface area contributed by atoms with Crippen molar-refractivity contribution in [2.75, 3.05) is 24.6 Å². The molecule has 2 saturated heterocycles. The summed E-state index contributed by atoms with van der Waals surface area (Å²) in [6.45, 7) is 2.72. The van der Waals surface area contributed by atoms with Gasteiger partial charge in [-0.1, -0.05) is 6.92 Å². The molecule has 0 aliphatic carbocycles. The topological polar surface area (TPSA) is 97.5 Å². The summed E-state index contributed by atoms with van der Waals surface area (Å²) >= 11 is 0. The summed E-state index contributed by atoms with van der Waals surface area (Å²) in [7, 11) is -6.71. The van der Waals surface area contributed by atoms with Gasteiger partial charge in [0.15, 0.2) is 9.84 Å². The summed E-state index contributed by atoms with van der Waals surface area (Å²) in [5, 5.41) is -0.778. The van der Waals surface area contributed by atoms with Crippen molar-refractivity contribution in [2.45, 2.75) is 31.1 Å². The van der Waals surface area contributed by atoms with E-state index in [4.69, 9.17) is 5.73 Å². The van der Waals surface area contributed by atoms with Gasteiger partial charge in [0, 0.05) is 19.1 Å². The molecule has 0 saturated carbocycles. The number of sulfone groups is 1. The van der Waals surface area contributed by atoms with Gasteiger partial charge in [0.05, 0.1) is 16.8 Å². The maximum absolute atomic E-state index is 12.4. The zero-order valence-electron chi connectivity index (χ0n) is 10.4. The number of sulfonamides is 1. The predicted octanol–water partition coefficient (Wildman–Crippen LogP) is -0.828. The van der Waals surface area contributed by atoms with E-state index in [2.05, 4.69) is 0 Å². The number of piperidine rings is 1. The molecular formula is C10H20N2O4S2. The summed E-state index contributed by atoms with van der Waals surface area (Å²) in [4.78, 5) is 0. The highest BCUT2D eigenvalue weighted by Gasteiger charge is 2.42. The largest absolute Gasteiger partial charge is 0.326 e. The second-order valence-electron chi connectivity index (χ2n) is 5.49. The van der Waals surface area contributed by atoms with Gasteiger partial charge in [0.25, 0.3) is 0 Å². The lowest BCUT2D eigenvalue weighted by molar-refractivity contribution is 0.252. The van der Waals surface area contributed by atoms with Crippen LogP contribution in [-0.2, 0) is 19.9 Å². The van der Waals surface area contributed by atoms with Gasteiger partial charge in [-0.15, -0.1) is 0 Å². The second-order valence-corrected chi connectivity index (χ2v) is 9.93. The number of nitrogens with two attached hydrogens (primary N) is 1. The highest BCUT2D eigenvalue weighted by molar-refractivity contribution is 7.95. The molecule has 2 aliphatic heterocycles. The Morgan fingerprint density at radius 2 is 1.94 bits per heavy atom. The van der Waals surface area contributed by atoms with Gasteiger partial charge in [-0.05, 0) is 18.8 Å². The summed E-state index contributed by atoms with van der Waals surface area (Å²) in [5.74, 6) is -0.0385. The van der Waals surface area contributed by atoms with Crippen LogP contribution in [0.15, 0.2) is 0 Å². The summed E-state index contributed by atoms with van der Waals surface area (Å²) in [6.07, 6.45) is 1.03. The number of hydrogen-bond acceptors (Lipinski definition) is 5.